The van der Waals surface area contributed by atoms with Crippen LogP contribution < -0.4 is 9.64 Å². The molecule has 0 radical (unpaired) electrons. The van der Waals surface area contributed by atoms with E-state index in [0.717, 1.165) is 17.7 Å². The lowest BCUT2D eigenvalue weighted by atomic mass is 9.90. The number of carbonyl (C=O) groups is 1. The second kappa shape index (κ2) is 6.38. The molecule has 0 saturated heterocycles. The van der Waals surface area contributed by atoms with Gasteiger partial charge in [-0.25, -0.2) is 4.98 Å². The van der Waals surface area contributed by atoms with Gasteiger partial charge >= 0.3 is 0 Å². The van der Waals surface area contributed by atoms with Crippen molar-refractivity contribution < 1.29 is 9.53 Å². The second-order valence-corrected chi connectivity index (χ2v) is 6.32. The number of hydrogen-bond acceptors (Lipinski definition) is 3. The van der Waals surface area contributed by atoms with Crippen molar-refractivity contribution in [1.29, 1.82) is 0 Å². The average molecular weight is 351 g/mol. The zero-order chi connectivity index (χ0) is 16.6. The first-order chi connectivity index (χ1) is 11.0. The van der Waals surface area contributed by atoms with Crippen molar-refractivity contribution in [2.45, 2.75) is 19.3 Å². The predicted octanol–water partition coefficient (Wildman–Crippen LogP) is 4.55. The highest BCUT2D eigenvalue weighted by Gasteiger charge is 2.30. The SMILES string of the molecule is COc1cccc2c1N(C(=O)c1cc(Cl)nc(Cl)c1)CC[C@@H]2C. The Hall–Kier alpha value is -1.78. The highest BCUT2D eigenvalue weighted by molar-refractivity contribution is 6.33. The van der Waals surface area contributed by atoms with Crippen molar-refractivity contribution in [3.05, 3.63) is 51.8 Å². The van der Waals surface area contributed by atoms with E-state index in [1.54, 1.807) is 12.0 Å². The average Bonchev–Trinajstić information content (AvgIpc) is 2.53. The summed E-state index contributed by atoms with van der Waals surface area (Å²) in [7, 11) is 1.61. The molecule has 1 amide bonds. The Morgan fingerprint density at radius 1 is 1.30 bits per heavy atom. The normalized spacial score (nSPS) is 16.9. The molecule has 0 aliphatic carbocycles. The number of benzene rings is 1. The highest BCUT2D eigenvalue weighted by atomic mass is 35.5. The van der Waals surface area contributed by atoms with Gasteiger partial charge in [-0.1, -0.05) is 42.3 Å². The summed E-state index contributed by atoms with van der Waals surface area (Å²) in [4.78, 5) is 18.6. The first-order valence-electron chi connectivity index (χ1n) is 7.33. The monoisotopic (exact) mass is 350 g/mol. The van der Waals surface area contributed by atoms with Gasteiger partial charge in [-0.3, -0.25) is 4.79 Å². The number of anilines is 1. The van der Waals surface area contributed by atoms with Gasteiger partial charge in [0.15, 0.2) is 0 Å². The van der Waals surface area contributed by atoms with E-state index < -0.39 is 0 Å². The van der Waals surface area contributed by atoms with E-state index >= 15 is 0 Å². The van der Waals surface area contributed by atoms with Crippen LogP contribution in [0.1, 0.15) is 35.2 Å². The van der Waals surface area contributed by atoms with Crippen LogP contribution in [0.25, 0.3) is 0 Å². The first kappa shape index (κ1) is 16.1. The van der Waals surface area contributed by atoms with Crippen LogP contribution in [0.15, 0.2) is 30.3 Å². The van der Waals surface area contributed by atoms with Crippen molar-refractivity contribution in [1.82, 2.24) is 4.98 Å². The molecule has 1 aromatic carbocycles. The molecule has 23 heavy (non-hydrogen) atoms. The number of hydrogen-bond donors (Lipinski definition) is 0. The third kappa shape index (κ3) is 3.01. The Morgan fingerprint density at radius 3 is 2.65 bits per heavy atom. The standard InChI is InChI=1S/C17H16Cl2N2O2/c1-10-6-7-21(16-12(10)4-3-5-13(16)23-2)17(22)11-8-14(18)20-15(19)9-11/h3-5,8-10H,6-7H2,1-2H3/t10-/m0/s1. The molecule has 2 heterocycles. The number of para-hydroxylation sites is 1. The summed E-state index contributed by atoms with van der Waals surface area (Å²) in [5.41, 5.74) is 2.35. The fraction of sp³-hybridized carbons (Fsp3) is 0.294. The zero-order valence-electron chi connectivity index (χ0n) is 12.8. The molecule has 0 saturated carbocycles. The molecule has 0 N–H and O–H groups in total. The molecule has 120 valence electrons. The Balaban J connectivity index is 2.08. The predicted molar refractivity (Wildman–Crippen MR) is 92.0 cm³/mol. The zero-order valence-corrected chi connectivity index (χ0v) is 14.4. The molecule has 1 aliphatic rings. The maximum absolute atomic E-state index is 13.0. The molecule has 4 nitrogen and oxygen atoms in total. The summed E-state index contributed by atoms with van der Waals surface area (Å²) < 4.78 is 5.47. The maximum atomic E-state index is 13.0. The van der Waals surface area contributed by atoms with Gasteiger partial charge in [0.25, 0.3) is 5.91 Å². The number of halogens is 2. The topological polar surface area (TPSA) is 42.4 Å². The van der Waals surface area contributed by atoms with Crippen molar-refractivity contribution >= 4 is 34.8 Å². The van der Waals surface area contributed by atoms with Crippen LogP contribution >= 0.6 is 23.2 Å². The van der Waals surface area contributed by atoms with E-state index in [0.29, 0.717) is 23.8 Å². The number of amides is 1. The molecule has 0 unspecified atom stereocenters. The Labute approximate surface area is 145 Å². The molecule has 1 aliphatic heterocycles. The van der Waals surface area contributed by atoms with Crippen molar-refractivity contribution in [3.63, 3.8) is 0 Å². The van der Waals surface area contributed by atoms with Gasteiger partial charge in [0.05, 0.1) is 12.8 Å². The van der Waals surface area contributed by atoms with E-state index in [1.807, 2.05) is 18.2 Å². The first-order valence-corrected chi connectivity index (χ1v) is 8.08. The van der Waals surface area contributed by atoms with Gasteiger partial charge in [0.1, 0.15) is 16.1 Å². The quantitative estimate of drug-likeness (QED) is 0.746. The van der Waals surface area contributed by atoms with E-state index in [-0.39, 0.29) is 16.2 Å². The lowest BCUT2D eigenvalue weighted by Crippen LogP contribution is -2.36. The van der Waals surface area contributed by atoms with Crippen molar-refractivity contribution in [2.24, 2.45) is 0 Å². The molecule has 0 bridgehead atoms. The van der Waals surface area contributed by atoms with E-state index in [9.17, 15) is 4.79 Å². The van der Waals surface area contributed by atoms with Crippen LogP contribution in [0.5, 0.6) is 5.75 Å². The lowest BCUT2D eigenvalue weighted by molar-refractivity contribution is 0.0983. The van der Waals surface area contributed by atoms with E-state index in [4.69, 9.17) is 27.9 Å². The minimum atomic E-state index is -0.158. The molecule has 1 atom stereocenters. The van der Waals surface area contributed by atoms with Crippen molar-refractivity contribution in [3.8, 4) is 5.75 Å². The molecule has 1 aromatic heterocycles. The molecular weight excluding hydrogens is 335 g/mol. The second-order valence-electron chi connectivity index (χ2n) is 5.55. The van der Waals surface area contributed by atoms with Gasteiger partial charge in [-0.2, -0.15) is 0 Å². The van der Waals surface area contributed by atoms with Gasteiger partial charge in [0, 0.05) is 12.1 Å². The van der Waals surface area contributed by atoms with Crippen LogP contribution in [0.4, 0.5) is 5.69 Å². The number of rotatable bonds is 2. The lowest BCUT2D eigenvalue weighted by Gasteiger charge is -2.34. The molecule has 6 heteroatoms. The number of ether oxygens (including phenoxy) is 1. The number of carbonyl (C=O) groups excluding carboxylic acids is 1. The summed E-state index contributed by atoms with van der Waals surface area (Å²) in [6, 6.07) is 8.91. The fourth-order valence-corrected chi connectivity index (χ4v) is 3.39. The number of methoxy groups -OCH3 is 1. The summed E-state index contributed by atoms with van der Waals surface area (Å²) in [6.07, 6.45) is 0.887. The smallest absolute Gasteiger partial charge is 0.258 e. The number of pyridine rings is 1. The van der Waals surface area contributed by atoms with Gasteiger partial charge in [0.2, 0.25) is 0 Å². The molecule has 0 spiro atoms. The largest absolute Gasteiger partial charge is 0.495 e. The van der Waals surface area contributed by atoms with Crippen molar-refractivity contribution in [2.75, 3.05) is 18.6 Å². The Bertz CT molecular complexity index is 744. The van der Waals surface area contributed by atoms with Crippen LogP contribution in [-0.4, -0.2) is 24.5 Å². The fourth-order valence-electron chi connectivity index (χ4n) is 2.93. The number of fused-ring (bicyclic) bond motifs is 1. The number of aromatic nitrogens is 1. The van der Waals surface area contributed by atoms with E-state index in [2.05, 4.69) is 11.9 Å². The molecule has 0 fully saturated rings. The van der Waals surface area contributed by atoms with Crippen LogP contribution in [-0.2, 0) is 0 Å². The van der Waals surface area contributed by atoms with Crippen LogP contribution in [0, 0.1) is 0 Å². The summed E-state index contributed by atoms with van der Waals surface area (Å²) in [6.45, 7) is 2.77. The molecule has 2 aromatic rings. The van der Waals surface area contributed by atoms with Gasteiger partial charge in [-0.05, 0) is 36.1 Å². The molecule has 3 rings (SSSR count). The minimum Gasteiger partial charge on any atom is -0.495 e. The maximum Gasteiger partial charge on any atom is 0.258 e. The Morgan fingerprint density at radius 2 is 2.00 bits per heavy atom. The van der Waals surface area contributed by atoms with Crippen LogP contribution in [0.2, 0.25) is 10.3 Å². The minimum absolute atomic E-state index is 0.158. The third-order valence-electron chi connectivity index (χ3n) is 4.09. The van der Waals surface area contributed by atoms with Gasteiger partial charge in [-0.15, -0.1) is 0 Å². The Kier molecular flexibility index (Phi) is 4.46. The van der Waals surface area contributed by atoms with Gasteiger partial charge < -0.3 is 9.64 Å². The van der Waals surface area contributed by atoms with E-state index in [1.165, 1.54) is 12.1 Å². The number of nitrogens with zero attached hydrogens (tertiary/aromatic N) is 2. The van der Waals surface area contributed by atoms with Crippen LogP contribution in [0.3, 0.4) is 0 Å². The summed E-state index contributed by atoms with van der Waals surface area (Å²) in [5, 5.41) is 0.401. The highest BCUT2D eigenvalue weighted by Crippen LogP contribution is 2.42. The third-order valence-corrected chi connectivity index (χ3v) is 4.48. The summed E-state index contributed by atoms with van der Waals surface area (Å²) >= 11 is 11.8. The summed E-state index contributed by atoms with van der Waals surface area (Å²) in [5.74, 6) is 0.899. The molecular formula is C17H16Cl2N2O2.